The highest BCUT2D eigenvalue weighted by Crippen LogP contribution is 2.12. The highest BCUT2D eigenvalue weighted by Gasteiger charge is 2.02. The molecule has 2 heteroatoms. The molecule has 0 aromatic heterocycles. The van der Waals surface area contributed by atoms with E-state index in [2.05, 4.69) is 47.1 Å². The normalized spacial score (nSPS) is 12.8. The molecule has 0 aliphatic rings. The molecule has 0 saturated carbocycles. The maximum atomic E-state index is 6.02. The first kappa shape index (κ1) is 11.7. The zero-order valence-electron chi connectivity index (χ0n) is 8.67. The van der Waals surface area contributed by atoms with Gasteiger partial charge in [-0.1, -0.05) is 47.8 Å². The van der Waals surface area contributed by atoms with Crippen LogP contribution in [0, 0.1) is 0 Å². The van der Waals surface area contributed by atoms with Crippen LogP contribution in [0.1, 0.15) is 31.7 Å². The van der Waals surface area contributed by atoms with Crippen molar-refractivity contribution in [1.82, 2.24) is 0 Å². The Labute approximate surface area is 94.8 Å². The topological polar surface area (TPSA) is 26.0 Å². The molecule has 0 fully saturated rings. The first-order valence-electron chi connectivity index (χ1n) is 5.22. The molecule has 0 radical (unpaired) electrons. The van der Waals surface area contributed by atoms with Gasteiger partial charge in [0.1, 0.15) is 0 Å². The molecule has 1 aromatic carbocycles. The van der Waals surface area contributed by atoms with Gasteiger partial charge in [-0.25, -0.2) is 0 Å². The third kappa shape index (κ3) is 4.25. The molecular weight excluding hydrogens is 238 g/mol. The molecule has 0 amide bonds. The van der Waals surface area contributed by atoms with Crippen molar-refractivity contribution >= 4 is 15.9 Å². The average Bonchev–Trinajstić information content (AvgIpc) is 2.18. The van der Waals surface area contributed by atoms with Crippen LogP contribution >= 0.6 is 15.9 Å². The Bertz CT molecular complexity index is 256. The highest BCUT2D eigenvalue weighted by molar-refractivity contribution is 9.10. The summed E-state index contributed by atoms with van der Waals surface area (Å²) >= 11 is 3.42. The van der Waals surface area contributed by atoms with E-state index in [0.29, 0.717) is 6.04 Å². The third-order valence-electron chi connectivity index (χ3n) is 2.34. The number of rotatable bonds is 5. The van der Waals surface area contributed by atoms with E-state index in [1.165, 1.54) is 18.4 Å². The Morgan fingerprint density at radius 2 is 1.93 bits per heavy atom. The van der Waals surface area contributed by atoms with Gasteiger partial charge in [-0.3, -0.25) is 0 Å². The average molecular weight is 256 g/mol. The van der Waals surface area contributed by atoms with Gasteiger partial charge in [0.2, 0.25) is 0 Å². The molecule has 0 saturated heterocycles. The molecule has 1 rings (SSSR count). The first-order chi connectivity index (χ1) is 6.72. The number of nitrogens with two attached hydrogens (primary N) is 1. The molecule has 0 aliphatic carbocycles. The lowest BCUT2D eigenvalue weighted by Crippen LogP contribution is -2.22. The largest absolute Gasteiger partial charge is 0.327 e. The summed E-state index contributed by atoms with van der Waals surface area (Å²) in [5.74, 6) is 0. The predicted octanol–water partition coefficient (Wildman–Crippen LogP) is 3.51. The Balaban J connectivity index is 2.39. The third-order valence-corrected chi connectivity index (χ3v) is 2.87. The van der Waals surface area contributed by atoms with Crippen molar-refractivity contribution in [3.63, 3.8) is 0 Å². The van der Waals surface area contributed by atoms with E-state index < -0.39 is 0 Å². The minimum Gasteiger partial charge on any atom is -0.327 e. The van der Waals surface area contributed by atoms with Gasteiger partial charge >= 0.3 is 0 Å². The second kappa shape index (κ2) is 6.20. The Kier molecular flexibility index (Phi) is 5.20. The van der Waals surface area contributed by atoms with Crippen LogP contribution in [-0.4, -0.2) is 6.04 Å². The van der Waals surface area contributed by atoms with E-state index in [9.17, 15) is 0 Å². The fraction of sp³-hybridized carbons (Fsp3) is 0.500. The van der Waals surface area contributed by atoms with Crippen molar-refractivity contribution in [2.24, 2.45) is 5.73 Å². The van der Waals surface area contributed by atoms with Gasteiger partial charge in [-0.15, -0.1) is 0 Å². The summed E-state index contributed by atoms with van der Waals surface area (Å²) in [6.45, 7) is 2.20. The van der Waals surface area contributed by atoms with Gasteiger partial charge in [0.15, 0.2) is 0 Å². The number of hydrogen-bond acceptors (Lipinski definition) is 1. The Morgan fingerprint density at radius 3 is 2.50 bits per heavy atom. The van der Waals surface area contributed by atoms with Crippen LogP contribution in [0.15, 0.2) is 28.7 Å². The summed E-state index contributed by atoms with van der Waals surface area (Å²) in [5.41, 5.74) is 7.35. The molecule has 1 aromatic rings. The summed E-state index contributed by atoms with van der Waals surface area (Å²) in [4.78, 5) is 0. The van der Waals surface area contributed by atoms with Crippen LogP contribution in [0.4, 0.5) is 0 Å². The van der Waals surface area contributed by atoms with Crippen LogP contribution in [0.3, 0.4) is 0 Å². The number of benzene rings is 1. The lowest BCUT2D eigenvalue weighted by Gasteiger charge is -2.10. The molecule has 0 bridgehead atoms. The lowest BCUT2D eigenvalue weighted by molar-refractivity contribution is 0.574. The van der Waals surface area contributed by atoms with Crippen LogP contribution < -0.4 is 5.73 Å². The van der Waals surface area contributed by atoms with E-state index in [0.717, 1.165) is 17.3 Å². The summed E-state index contributed by atoms with van der Waals surface area (Å²) < 4.78 is 1.13. The smallest absolute Gasteiger partial charge is 0.0175 e. The maximum Gasteiger partial charge on any atom is 0.0175 e. The maximum absolute atomic E-state index is 6.02. The monoisotopic (exact) mass is 255 g/mol. The van der Waals surface area contributed by atoms with E-state index in [1.807, 2.05) is 0 Å². The standard InChI is InChI=1S/C12H18BrN/c1-2-3-4-12(14)9-10-5-7-11(13)8-6-10/h5-8,12H,2-4,9,14H2,1H3. The molecule has 1 nitrogen and oxygen atoms in total. The quantitative estimate of drug-likeness (QED) is 0.857. The van der Waals surface area contributed by atoms with Gasteiger partial charge < -0.3 is 5.73 Å². The lowest BCUT2D eigenvalue weighted by atomic mass is 10.0. The van der Waals surface area contributed by atoms with E-state index in [1.54, 1.807) is 0 Å². The molecule has 0 heterocycles. The second-order valence-electron chi connectivity index (χ2n) is 3.73. The van der Waals surface area contributed by atoms with Crippen LogP contribution in [0.2, 0.25) is 0 Å². The fourth-order valence-corrected chi connectivity index (χ4v) is 1.76. The van der Waals surface area contributed by atoms with Crippen molar-refractivity contribution in [2.45, 2.75) is 38.6 Å². The Morgan fingerprint density at radius 1 is 1.29 bits per heavy atom. The van der Waals surface area contributed by atoms with Crippen LogP contribution in [0.25, 0.3) is 0 Å². The summed E-state index contributed by atoms with van der Waals surface area (Å²) in [5, 5.41) is 0. The van der Waals surface area contributed by atoms with E-state index in [-0.39, 0.29) is 0 Å². The minimum atomic E-state index is 0.316. The van der Waals surface area contributed by atoms with Crippen LogP contribution in [-0.2, 0) is 6.42 Å². The zero-order valence-corrected chi connectivity index (χ0v) is 10.3. The summed E-state index contributed by atoms with van der Waals surface area (Å²) in [6.07, 6.45) is 4.59. The van der Waals surface area contributed by atoms with Gasteiger partial charge in [0.05, 0.1) is 0 Å². The first-order valence-corrected chi connectivity index (χ1v) is 6.01. The summed E-state index contributed by atoms with van der Waals surface area (Å²) in [6, 6.07) is 8.73. The molecule has 78 valence electrons. The van der Waals surface area contributed by atoms with Crippen molar-refractivity contribution in [3.05, 3.63) is 34.3 Å². The highest BCUT2D eigenvalue weighted by atomic mass is 79.9. The van der Waals surface area contributed by atoms with Gasteiger partial charge in [-0.05, 0) is 30.5 Å². The molecule has 1 unspecified atom stereocenters. The SMILES string of the molecule is CCCCC(N)Cc1ccc(Br)cc1. The van der Waals surface area contributed by atoms with Crippen molar-refractivity contribution in [2.75, 3.05) is 0 Å². The van der Waals surface area contributed by atoms with E-state index in [4.69, 9.17) is 5.73 Å². The molecule has 2 N–H and O–H groups in total. The fourth-order valence-electron chi connectivity index (χ4n) is 1.49. The van der Waals surface area contributed by atoms with Gasteiger partial charge in [0.25, 0.3) is 0 Å². The van der Waals surface area contributed by atoms with Crippen molar-refractivity contribution < 1.29 is 0 Å². The Hall–Kier alpha value is -0.340. The van der Waals surface area contributed by atoms with Gasteiger partial charge in [-0.2, -0.15) is 0 Å². The number of hydrogen-bond donors (Lipinski definition) is 1. The van der Waals surface area contributed by atoms with Crippen molar-refractivity contribution in [1.29, 1.82) is 0 Å². The number of unbranched alkanes of at least 4 members (excludes halogenated alkanes) is 1. The second-order valence-corrected chi connectivity index (χ2v) is 4.65. The molecule has 0 aliphatic heterocycles. The minimum absolute atomic E-state index is 0.316. The molecular formula is C12H18BrN. The van der Waals surface area contributed by atoms with E-state index >= 15 is 0 Å². The molecule has 0 spiro atoms. The van der Waals surface area contributed by atoms with Gasteiger partial charge in [0, 0.05) is 10.5 Å². The van der Waals surface area contributed by atoms with Crippen LogP contribution in [0.5, 0.6) is 0 Å². The zero-order chi connectivity index (χ0) is 10.4. The molecule has 14 heavy (non-hydrogen) atoms. The predicted molar refractivity (Wildman–Crippen MR) is 65.3 cm³/mol. The molecule has 1 atom stereocenters. The van der Waals surface area contributed by atoms with Crippen molar-refractivity contribution in [3.8, 4) is 0 Å². The number of halogens is 1. The summed E-state index contributed by atoms with van der Waals surface area (Å²) in [7, 11) is 0.